The van der Waals surface area contributed by atoms with Gasteiger partial charge in [-0.3, -0.25) is 0 Å². The molecule has 2 heterocycles. The fourth-order valence-corrected chi connectivity index (χ4v) is 3.20. The number of alkyl halides is 2. The number of hydrogen-bond acceptors (Lipinski definition) is 4. The summed E-state index contributed by atoms with van der Waals surface area (Å²) in [6.07, 6.45) is -2.48. The van der Waals surface area contributed by atoms with E-state index in [0.29, 0.717) is 31.8 Å². The van der Waals surface area contributed by atoms with Crippen molar-refractivity contribution in [3.63, 3.8) is 0 Å². The number of benzene rings is 1. The molecule has 122 valence electrons. The molecule has 1 saturated heterocycles. The van der Waals surface area contributed by atoms with Crippen LogP contribution in [0.2, 0.25) is 0 Å². The molecule has 3 rings (SSSR count). The van der Waals surface area contributed by atoms with Crippen LogP contribution in [-0.4, -0.2) is 45.5 Å². The SMILES string of the molecule is COC[C@@H]1C[C@@H]2CNCCN2c2cc(F)cc(C(F)F)c2O1. The van der Waals surface area contributed by atoms with Gasteiger partial charge in [-0.25, -0.2) is 13.2 Å². The molecule has 2 aliphatic heterocycles. The Balaban J connectivity index is 2.08. The van der Waals surface area contributed by atoms with Crippen molar-refractivity contribution in [2.75, 3.05) is 38.3 Å². The van der Waals surface area contributed by atoms with Crippen molar-refractivity contribution in [1.29, 1.82) is 0 Å². The number of halogens is 3. The lowest BCUT2D eigenvalue weighted by molar-refractivity contribution is 0.0696. The van der Waals surface area contributed by atoms with Crippen molar-refractivity contribution in [3.05, 3.63) is 23.5 Å². The van der Waals surface area contributed by atoms with E-state index < -0.39 is 17.8 Å². The van der Waals surface area contributed by atoms with E-state index in [2.05, 4.69) is 5.32 Å². The smallest absolute Gasteiger partial charge is 0.267 e. The fraction of sp³-hybridized carbons (Fsp3) is 0.600. The van der Waals surface area contributed by atoms with Crippen LogP contribution in [-0.2, 0) is 4.74 Å². The van der Waals surface area contributed by atoms with Gasteiger partial charge in [0.05, 0.1) is 17.9 Å². The molecule has 0 amide bonds. The Labute approximate surface area is 127 Å². The first kappa shape index (κ1) is 15.4. The van der Waals surface area contributed by atoms with Gasteiger partial charge in [0.2, 0.25) is 0 Å². The predicted octanol–water partition coefficient (Wildman–Crippen LogP) is 2.34. The number of nitrogens with one attached hydrogen (secondary N) is 1. The molecule has 0 unspecified atom stereocenters. The number of anilines is 1. The summed E-state index contributed by atoms with van der Waals surface area (Å²) in [5, 5.41) is 3.28. The van der Waals surface area contributed by atoms with Gasteiger partial charge >= 0.3 is 0 Å². The summed E-state index contributed by atoms with van der Waals surface area (Å²) in [6.45, 7) is 2.38. The Morgan fingerprint density at radius 2 is 2.27 bits per heavy atom. The molecule has 0 aliphatic carbocycles. The van der Waals surface area contributed by atoms with Crippen LogP contribution in [0.4, 0.5) is 18.9 Å². The Hall–Kier alpha value is -1.47. The molecule has 7 heteroatoms. The summed E-state index contributed by atoms with van der Waals surface area (Å²) in [4.78, 5) is 1.97. The van der Waals surface area contributed by atoms with Crippen LogP contribution >= 0.6 is 0 Å². The van der Waals surface area contributed by atoms with Gasteiger partial charge in [0.25, 0.3) is 6.43 Å². The van der Waals surface area contributed by atoms with E-state index in [1.165, 1.54) is 6.07 Å². The second kappa shape index (κ2) is 6.34. The van der Waals surface area contributed by atoms with Crippen molar-refractivity contribution < 1.29 is 22.6 Å². The van der Waals surface area contributed by atoms with Crippen molar-refractivity contribution in [3.8, 4) is 5.75 Å². The van der Waals surface area contributed by atoms with Gasteiger partial charge < -0.3 is 19.7 Å². The average Bonchev–Trinajstić information content (AvgIpc) is 2.63. The molecule has 1 N–H and O–H groups in total. The lowest BCUT2D eigenvalue weighted by Crippen LogP contribution is -2.52. The molecule has 2 aliphatic rings. The largest absolute Gasteiger partial charge is 0.485 e. The van der Waals surface area contributed by atoms with Crippen molar-refractivity contribution >= 4 is 5.69 Å². The third kappa shape index (κ3) is 2.87. The van der Waals surface area contributed by atoms with Crippen LogP contribution < -0.4 is 15.0 Å². The minimum atomic E-state index is -2.79. The number of nitrogens with zero attached hydrogens (tertiary/aromatic N) is 1. The normalized spacial score (nSPS) is 24.5. The minimum absolute atomic E-state index is 0.0717. The monoisotopic (exact) mass is 316 g/mol. The molecule has 2 atom stereocenters. The molecule has 0 spiro atoms. The number of ether oxygens (including phenoxy) is 2. The summed E-state index contributed by atoms with van der Waals surface area (Å²) in [6, 6.07) is 2.22. The lowest BCUT2D eigenvalue weighted by atomic mass is 10.1. The molecule has 1 aromatic rings. The summed E-state index contributed by atoms with van der Waals surface area (Å²) < 4.78 is 51.3. The second-order valence-electron chi connectivity index (χ2n) is 5.63. The quantitative estimate of drug-likeness (QED) is 0.928. The first-order chi connectivity index (χ1) is 10.6. The van der Waals surface area contributed by atoms with Gasteiger partial charge in [-0.1, -0.05) is 0 Å². The Morgan fingerprint density at radius 1 is 1.45 bits per heavy atom. The Bertz CT molecular complexity index is 542. The Kier molecular flexibility index (Phi) is 4.44. The molecule has 0 bridgehead atoms. The van der Waals surface area contributed by atoms with Gasteiger partial charge in [0.1, 0.15) is 11.9 Å². The van der Waals surface area contributed by atoms with Gasteiger partial charge in [-0.2, -0.15) is 0 Å². The molecule has 1 fully saturated rings. The van der Waals surface area contributed by atoms with Gasteiger partial charge in [-0.15, -0.1) is 0 Å². The highest BCUT2D eigenvalue weighted by Crippen LogP contribution is 2.42. The van der Waals surface area contributed by atoms with Crippen LogP contribution in [0.5, 0.6) is 5.75 Å². The highest BCUT2D eigenvalue weighted by molar-refractivity contribution is 5.64. The zero-order valence-corrected chi connectivity index (χ0v) is 12.3. The van der Waals surface area contributed by atoms with Crippen LogP contribution in [0.1, 0.15) is 18.4 Å². The van der Waals surface area contributed by atoms with E-state index >= 15 is 0 Å². The molecule has 0 saturated carbocycles. The summed E-state index contributed by atoms with van der Waals surface area (Å²) in [5.74, 6) is -0.581. The van der Waals surface area contributed by atoms with E-state index in [4.69, 9.17) is 9.47 Å². The first-order valence-corrected chi connectivity index (χ1v) is 7.34. The van der Waals surface area contributed by atoms with Crippen molar-refractivity contribution in [1.82, 2.24) is 5.32 Å². The second-order valence-corrected chi connectivity index (χ2v) is 5.63. The van der Waals surface area contributed by atoms with Gasteiger partial charge in [-0.05, 0) is 6.07 Å². The molecular formula is C15H19F3N2O2. The number of hydrogen-bond donors (Lipinski definition) is 1. The van der Waals surface area contributed by atoms with Crippen LogP contribution in [0.15, 0.2) is 12.1 Å². The molecule has 0 aromatic heterocycles. The molecular weight excluding hydrogens is 297 g/mol. The standard InChI is InChI=1S/C15H19F3N2O2/c1-21-8-11-6-10-7-19-2-3-20(10)13-5-9(16)4-12(15(17)18)14(13)22-11/h4-5,10-11,15,19H,2-3,6-8H2,1H3/t10-,11+/m1/s1. The van der Waals surface area contributed by atoms with E-state index in [-0.39, 0.29) is 17.9 Å². The van der Waals surface area contributed by atoms with Crippen molar-refractivity contribution in [2.24, 2.45) is 0 Å². The Morgan fingerprint density at radius 3 is 3.00 bits per heavy atom. The van der Waals surface area contributed by atoms with Crippen LogP contribution in [0.25, 0.3) is 0 Å². The molecule has 0 radical (unpaired) electrons. The highest BCUT2D eigenvalue weighted by atomic mass is 19.3. The highest BCUT2D eigenvalue weighted by Gasteiger charge is 2.35. The molecule has 4 nitrogen and oxygen atoms in total. The molecule has 1 aromatic carbocycles. The first-order valence-electron chi connectivity index (χ1n) is 7.34. The average molecular weight is 316 g/mol. The minimum Gasteiger partial charge on any atom is -0.485 e. The topological polar surface area (TPSA) is 33.7 Å². The zero-order valence-electron chi connectivity index (χ0n) is 12.3. The number of rotatable bonds is 3. The maximum absolute atomic E-state index is 13.8. The third-order valence-electron chi connectivity index (χ3n) is 4.13. The summed E-state index contributed by atoms with van der Waals surface area (Å²) in [5.41, 5.74) is 0.0238. The number of methoxy groups -OCH3 is 1. The van der Waals surface area contributed by atoms with E-state index in [0.717, 1.165) is 12.6 Å². The summed E-state index contributed by atoms with van der Waals surface area (Å²) >= 11 is 0. The maximum atomic E-state index is 13.8. The third-order valence-corrected chi connectivity index (χ3v) is 4.13. The lowest BCUT2D eigenvalue weighted by Gasteiger charge is -2.37. The van der Waals surface area contributed by atoms with Crippen molar-refractivity contribution in [2.45, 2.75) is 25.0 Å². The fourth-order valence-electron chi connectivity index (χ4n) is 3.20. The number of fused-ring (bicyclic) bond motifs is 3. The summed E-state index contributed by atoms with van der Waals surface area (Å²) in [7, 11) is 1.55. The van der Waals surface area contributed by atoms with Crippen LogP contribution in [0.3, 0.4) is 0 Å². The van der Waals surface area contributed by atoms with E-state index in [1.54, 1.807) is 7.11 Å². The van der Waals surface area contributed by atoms with Crippen LogP contribution in [0, 0.1) is 5.82 Å². The maximum Gasteiger partial charge on any atom is 0.267 e. The zero-order chi connectivity index (χ0) is 15.7. The predicted molar refractivity (Wildman–Crippen MR) is 76.3 cm³/mol. The van der Waals surface area contributed by atoms with E-state index in [9.17, 15) is 13.2 Å². The van der Waals surface area contributed by atoms with E-state index in [1.807, 2.05) is 4.90 Å². The number of piperazine rings is 1. The van der Waals surface area contributed by atoms with Gasteiger partial charge in [0, 0.05) is 45.3 Å². The van der Waals surface area contributed by atoms with Gasteiger partial charge in [0.15, 0.2) is 5.75 Å². The molecule has 22 heavy (non-hydrogen) atoms.